The molecule has 4 aromatic rings. The highest BCUT2D eigenvalue weighted by molar-refractivity contribution is 6.11. The molecule has 2 heterocycles. The predicted octanol–water partition coefficient (Wildman–Crippen LogP) is 5.40. The quantitative estimate of drug-likeness (QED) is 0.438. The Bertz CT molecular complexity index is 1340. The Morgan fingerprint density at radius 3 is 2.27 bits per heavy atom. The van der Waals surface area contributed by atoms with Gasteiger partial charge in [-0.25, -0.2) is 4.79 Å². The Balaban J connectivity index is 1.67. The number of carboxylic acids is 1. The number of carbonyl (C=O) groups is 2. The number of aromatic carboxylic acids is 1. The summed E-state index contributed by atoms with van der Waals surface area (Å²) in [6.45, 7) is 4.14. The number of H-pyrrole nitrogens is 1. The maximum absolute atomic E-state index is 13.6. The van der Waals surface area contributed by atoms with Gasteiger partial charge >= 0.3 is 5.97 Å². The Morgan fingerprint density at radius 1 is 1.00 bits per heavy atom. The van der Waals surface area contributed by atoms with Crippen molar-refractivity contribution >= 4 is 17.6 Å². The zero-order valence-electron chi connectivity index (χ0n) is 18.4. The molecular formula is C27H23N3O3. The number of aryl methyl sites for hydroxylation is 2. The summed E-state index contributed by atoms with van der Waals surface area (Å²) in [5.41, 5.74) is 7.10. The first-order chi connectivity index (χ1) is 16.0. The Morgan fingerprint density at radius 2 is 1.67 bits per heavy atom. The number of hydrogen-bond donors (Lipinski definition) is 2. The molecule has 5 rings (SSSR count). The molecule has 1 aliphatic heterocycles. The number of aromatic nitrogens is 2. The molecule has 33 heavy (non-hydrogen) atoms. The number of nitrogens with zero attached hydrogens (tertiary/aromatic N) is 2. The van der Waals surface area contributed by atoms with Crippen LogP contribution >= 0.6 is 0 Å². The van der Waals surface area contributed by atoms with Crippen molar-refractivity contribution in [1.29, 1.82) is 0 Å². The molecule has 6 heteroatoms. The lowest BCUT2D eigenvalue weighted by atomic mass is 9.94. The zero-order chi connectivity index (χ0) is 23.1. The lowest BCUT2D eigenvalue weighted by Crippen LogP contribution is -2.29. The molecule has 1 aromatic heterocycles. The van der Waals surface area contributed by atoms with Gasteiger partial charge in [-0.15, -0.1) is 0 Å². The molecular weight excluding hydrogens is 414 g/mol. The number of carboxylic acid groups (broad SMARTS) is 1. The molecule has 1 amide bonds. The first kappa shape index (κ1) is 20.7. The van der Waals surface area contributed by atoms with E-state index in [9.17, 15) is 14.7 Å². The SMILES string of the molecule is CCc1ccc([C@H]2c3c(-c4ccc(C)cc4)n[nH]c3C(=O)N2c2ccc(C(=O)O)cc2)cc1. The molecule has 0 unspecified atom stereocenters. The van der Waals surface area contributed by atoms with Crippen LogP contribution in [-0.4, -0.2) is 27.2 Å². The standard InChI is InChI=1S/C27H23N3O3/c1-3-17-6-10-19(11-7-17)25-22-23(18-8-4-16(2)5-9-18)28-29-24(22)26(31)30(25)21-14-12-20(13-15-21)27(32)33/h4-15,25H,3H2,1-2H3,(H,28,29)(H,32,33)/t25-/m0/s1. The third-order valence-corrected chi connectivity index (χ3v) is 6.19. The topological polar surface area (TPSA) is 86.3 Å². The maximum Gasteiger partial charge on any atom is 0.335 e. The van der Waals surface area contributed by atoms with E-state index < -0.39 is 5.97 Å². The molecule has 3 aromatic carbocycles. The fourth-order valence-corrected chi connectivity index (χ4v) is 4.36. The predicted molar refractivity (Wildman–Crippen MR) is 127 cm³/mol. The maximum atomic E-state index is 13.6. The van der Waals surface area contributed by atoms with Crippen LogP contribution in [0.25, 0.3) is 11.3 Å². The van der Waals surface area contributed by atoms with Gasteiger partial charge in [-0.2, -0.15) is 5.10 Å². The van der Waals surface area contributed by atoms with E-state index in [1.54, 1.807) is 17.0 Å². The number of fused-ring (bicyclic) bond motifs is 1. The lowest BCUT2D eigenvalue weighted by Gasteiger charge is -2.26. The summed E-state index contributed by atoms with van der Waals surface area (Å²) < 4.78 is 0. The molecule has 164 valence electrons. The second-order valence-electron chi connectivity index (χ2n) is 8.25. The minimum atomic E-state index is -1.00. The molecule has 0 saturated heterocycles. The molecule has 1 atom stereocenters. The smallest absolute Gasteiger partial charge is 0.335 e. The van der Waals surface area contributed by atoms with Crippen LogP contribution < -0.4 is 4.90 Å². The van der Waals surface area contributed by atoms with Gasteiger partial charge < -0.3 is 5.11 Å². The van der Waals surface area contributed by atoms with Gasteiger partial charge in [-0.05, 0) is 48.7 Å². The monoisotopic (exact) mass is 437 g/mol. The van der Waals surface area contributed by atoms with Gasteiger partial charge in [0, 0.05) is 16.8 Å². The van der Waals surface area contributed by atoms with Gasteiger partial charge in [0.05, 0.1) is 17.3 Å². The third kappa shape index (κ3) is 3.49. The summed E-state index contributed by atoms with van der Waals surface area (Å²) in [6, 6.07) is 22.4. The van der Waals surface area contributed by atoms with Crippen molar-refractivity contribution in [2.24, 2.45) is 0 Å². The number of nitrogens with one attached hydrogen (secondary N) is 1. The average Bonchev–Trinajstić information content (AvgIpc) is 3.39. The van der Waals surface area contributed by atoms with Crippen molar-refractivity contribution in [2.75, 3.05) is 4.90 Å². The van der Waals surface area contributed by atoms with E-state index in [1.165, 1.54) is 17.7 Å². The Kier molecular flexibility index (Phi) is 5.05. The number of amides is 1. The zero-order valence-corrected chi connectivity index (χ0v) is 18.4. The van der Waals surface area contributed by atoms with Crippen LogP contribution in [-0.2, 0) is 6.42 Å². The first-order valence-electron chi connectivity index (χ1n) is 10.9. The van der Waals surface area contributed by atoms with E-state index in [0.717, 1.165) is 34.4 Å². The molecule has 0 spiro atoms. The van der Waals surface area contributed by atoms with Crippen LogP contribution in [0.15, 0.2) is 72.8 Å². The summed E-state index contributed by atoms with van der Waals surface area (Å²) >= 11 is 0. The summed E-state index contributed by atoms with van der Waals surface area (Å²) in [7, 11) is 0. The van der Waals surface area contributed by atoms with Crippen molar-refractivity contribution in [3.8, 4) is 11.3 Å². The molecule has 1 aliphatic rings. The Labute approximate surface area is 191 Å². The summed E-state index contributed by atoms with van der Waals surface area (Å²) in [6.07, 6.45) is 0.926. The van der Waals surface area contributed by atoms with Crippen LogP contribution in [0.2, 0.25) is 0 Å². The number of benzene rings is 3. The second kappa shape index (κ2) is 8.06. The van der Waals surface area contributed by atoms with Crippen LogP contribution in [0.3, 0.4) is 0 Å². The van der Waals surface area contributed by atoms with E-state index in [0.29, 0.717) is 11.4 Å². The minimum absolute atomic E-state index is 0.176. The fourth-order valence-electron chi connectivity index (χ4n) is 4.36. The molecule has 0 bridgehead atoms. The van der Waals surface area contributed by atoms with Gasteiger partial charge in [-0.1, -0.05) is 61.0 Å². The van der Waals surface area contributed by atoms with E-state index in [-0.39, 0.29) is 17.5 Å². The van der Waals surface area contributed by atoms with E-state index in [4.69, 9.17) is 0 Å². The highest BCUT2D eigenvalue weighted by atomic mass is 16.4. The average molecular weight is 437 g/mol. The van der Waals surface area contributed by atoms with Crippen molar-refractivity contribution in [2.45, 2.75) is 26.3 Å². The highest BCUT2D eigenvalue weighted by Gasteiger charge is 2.43. The number of rotatable bonds is 5. The van der Waals surface area contributed by atoms with E-state index >= 15 is 0 Å². The first-order valence-corrected chi connectivity index (χ1v) is 10.9. The van der Waals surface area contributed by atoms with Crippen molar-refractivity contribution in [3.63, 3.8) is 0 Å². The normalized spacial score (nSPS) is 15.0. The van der Waals surface area contributed by atoms with E-state index in [1.807, 2.05) is 31.2 Å². The van der Waals surface area contributed by atoms with Gasteiger partial charge in [0.1, 0.15) is 5.69 Å². The number of aromatic amines is 1. The van der Waals surface area contributed by atoms with Crippen LogP contribution in [0, 0.1) is 6.92 Å². The number of hydrogen-bond acceptors (Lipinski definition) is 3. The number of anilines is 1. The fraction of sp³-hybridized carbons (Fsp3) is 0.148. The van der Waals surface area contributed by atoms with Gasteiger partial charge in [0.15, 0.2) is 0 Å². The molecule has 6 nitrogen and oxygen atoms in total. The van der Waals surface area contributed by atoms with Crippen molar-refractivity contribution < 1.29 is 14.7 Å². The second-order valence-corrected chi connectivity index (χ2v) is 8.25. The third-order valence-electron chi connectivity index (χ3n) is 6.19. The largest absolute Gasteiger partial charge is 0.478 e. The molecule has 0 aliphatic carbocycles. The van der Waals surface area contributed by atoms with E-state index in [2.05, 4.69) is 41.4 Å². The van der Waals surface area contributed by atoms with Crippen molar-refractivity contribution in [3.05, 3.63) is 106 Å². The molecule has 2 N–H and O–H groups in total. The summed E-state index contributed by atoms with van der Waals surface area (Å²) in [4.78, 5) is 26.6. The summed E-state index contributed by atoms with van der Waals surface area (Å²) in [5.74, 6) is -1.19. The summed E-state index contributed by atoms with van der Waals surface area (Å²) in [5, 5.41) is 16.7. The molecule has 0 saturated carbocycles. The van der Waals surface area contributed by atoms with Crippen LogP contribution in [0.4, 0.5) is 5.69 Å². The lowest BCUT2D eigenvalue weighted by molar-refractivity contribution is 0.0696. The van der Waals surface area contributed by atoms with Gasteiger partial charge in [-0.3, -0.25) is 14.8 Å². The highest BCUT2D eigenvalue weighted by Crippen LogP contribution is 2.45. The molecule has 0 fully saturated rings. The van der Waals surface area contributed by atoms with Crippen LogP contribution in [0.1, 0.15) is 56.1 Å². The Hall–Kier alpha value is -4.19. The van der Waals surface area contributed by atoms with Gasteiger partial charge in [0.25, 0.3) is 5.91 Å². The number of carbonyl (C=O) groups excluding carboxylic acids is 1. The minimum Gasteiger partial charge on any atom is -0.478 e. The molecule has 0 radical (unpaired) electrons. The van der Waals surface area contributed by atoms with Gasteiger partial charge in [0.2, 0.25) is 0 Å². The van der Waals surface area contributed by atoms with Crippen molar-refractivity contribution in [1.82, 2.24) is 10.2 Å². The van der Waals surface area contributed by atoms with Crippen LogP contribution in [0.5, 0.6) is 0 Å².